The second-order valence-corrected chi connectivity index (χ2v) is 5.66. The second-order valence-electron chi connectivity index (χ2n) is 5.25. The highest BCUT2D eigenvalue weighted by Gasteiger charge is 2.14. The molecule has 0 saturated carbocycles. The van der Waals surface area contributed by atoms with Crippen LogP contribution in [-0.4, -0.2) is 35.8 Å². The molecule has 0 aliphatic rings. The summed E-state index contributed by atoms with van der Waals surface area (Å²) in [6, 6.07) is 12.5. The maximum atomic E-state index is 12.5. The van der Waals surface area contributed by atoms with Crippen LogP contribution in [0.3, 0.4) is 0 Å². The minimum absolute atomic E-state index is 0.0337. The number of carbonyl (C=O) groups excluding carboxylic acids is 1. The van der Waals surface area contributed by atoms with Crippen molar-refractivity contribution in [1.82, 2.24) is 5.32 Å². The number of para-hydroxylation sites is 1. The van der Waals surface area contributed by atoms with Crippen LogP contribution in [-0.2, 0) is 4.74 Å². The maximum Gasteiger partial charge on any atom is 0.269 e. The highest BCUT2D eigenvalue weighted by molar-refractivity contribution is 7.80. The molecule has 0 fully saturated rings. The predicted octanol–water partition coefficient (Wildman–Crippen LogP) is 3.14. The Kier molecular flexibility index (Phi) is 7.65. The number of nitrogens with one attached hydrogen (secondary N) is 2. The number of benzene rings is 2. The summed E-state index contributed by atoms with van der Waals surface area (Å²) in [5, 5.41) is 16.1. The predicted molar refractivity (Wildman–Crippen MR) is 105 cm³/mol. The molecule has 0 bridgehead atoms. The molecule has 142 valence electrons. The average Bonchev–Trinajstić information content (AvgIpc) is 2.66. The largest absolute Gasteiger partial charge is 0.490 e. The molecule has 0 atom stereocenters. The number of hydrogen-bond donors (Lipinski definition) is 2. The fourth-order valence-corrected chi connectivity index (χ4v) is 2.34. The number of rotatable bonds is 8. The van der Waals surface area contributed by atoms with Crippen molar-refractivity contribution in [2.24, 2.45) is 0 Å². The van der Waals surface area contributed by atoms with Gasteiger partial charge in [0.1, 0.15) is 12.4 Å². The van der Waals surface area contributed by atoms with Gasteiger partial charge in [-0.2, -0.15) is 0 Å². The Morgan fingerprint density at radius 2 is 1.85 bits per heavy atom. The number of ether oxygens (including phenoxy) is 2. The van der Waals surface area contributed by atoms with Crippen molar-refractivity contribution in [2.75, 3.05) is 25.1 Å². The maximum absolute atomic E-state index is 12.5. The lowest BCUT2D eigenvalue weighted by molar-refractivity contribution is -0.384. The summed E-state index contributed by atoms with van der Waals surface area (Å²) in [6.07, 6.45) is 0. The number of carbonyl (C=O) groups is 1. The van der Waals surface area contributed by atoms with Crippen molar-refractivity contribution < 1.29 is 19.2 Å². The van der Waals surface area contributed by atoms with Gasteiger partial charge in [0.25, 0.3) is 11.6 Å². The lowest BCUT2D eigenvalue weighted by atomic mass is 10.2. The Hall–Kier alpha value is -3.04. The van der Waals surface area contributed by atoms with E-state index in [4.69, 9.17) is 21.7 Å². The monoisotopic (exact) mass is 389 g/mol. The van der Waals surface area contributed by atoms with Crippen molar-refractivity contribution in [1.29, 1.82) is 0 Å². The third kappa shape index (κ3) is 6.32. The van der Waals surface area contributed by atoms with Gasteiger partial charge < -0.3 is 14.8 Å². The number of hydrogen-bond acceptors (Lipinski definition) is 6. The fraction of sp³-hybridized carbons (Fsp3) is 0.222. The summed E-state index contributed by atoms with van der Waals surface area (Å²) >= 11 is 5.12. The van der Waals surface area contributed by atoms with Gasteiger partial charge in [-0.15, -0.1) is 0 Å². The van der Waals surface area contributed by atoms with Gasteiger partial charge in [-0.05, 0) is 43.4 Å². The van der Waals surface area contributed by atoms with E-state index in [1.165, 1.54) is 24.3 Å². The summed E-state index contributed by atoms with van der Waals surface area (Å²) in [5.74, 6) is -0.00531. The third-order valence-electron chi connectivity index (χ3n) is 3.38. The fourth-order valence-electron chi connectivity index (χ4n) is 2.13. The molecule has 0 aliphatic carbocycles. The molecule has 27 heavy (non-hydrogen) atoms. The number of amides is 1. The van der Waals surface area contributed by atoms with Crippen LogP contribution in [0, 0.1) is 10.1 Å². The van der Waals surface area contributed by atoms with E-state index in [9.17, 15) is 14.9 Å². The van der Waals surface area contributed by atoms with Crippen molar-refractivity contribution >= 4 is 34.6 Å². The van der Waals surface area contributed by atoms with E-state index in [1.807, 2.05) is 6.92 Å². The van der Waals surface area contributed by atoms with Crippen LogP contribution in [0.1, 0.15) is 17.3 Å². The van der Waals surface area contributed by atoms with Gasteiger partial charge in [0.2, 0.25) is 0 Å². The molecular weight excluding hydrogens is 370 g/mol. The standard InChI is InChI=1S/C18H19N3O5S/c1-2-25-11-12-26-16-6-4-3-5-15(16)17(22)20-18(27)19-13-7-9-14(10-8-13)21(23)24/h3-10H,2,11-12H2,1H3,(H2,19,20,22,27). The summed E-state index contributed by atoms with van der Waals surface area (Å²) in [7, 11) is 0. The molecule has 0 unspecified atom stereocenters. The van der Waals surface area contributed by atoms with Crippen LogP contribution in [0.2, 0.25) is 0 Å². The van der Waals surface area contributed by atoms with Crippen LogP contribution in [0.5, 0.6) is 5.75 Å². The Labute approximate surface area is 161 Å². The quantitative estimate of drug-likeness (QED) is 0.309. The topological polar surface area (TPSA) is 103 Å². The normalized spacial score (nSPS) is 10.1. The number of nitro groups is 1. The van der Waals surface area contributed by atoms with Gasteiger partial charge in [0.05, 0.1) is 17.1 Å². The number of nitrogens with zero attached hydrogens (tertiary/aromatic N) is 1. The van der Waals surface area contributed by atoms with Gasteiger partial charge in [0.15, 0.2) is 5.11 Å². The van der Waals surface area contributed by atoms with Crippen LogP contribution in [0.4, 0.5) is 11.4 Å². The van der Waals surface area contributed by atoms with E-state index >= 15 is 0 Å². The number of anilines is 1. The van der Waals surface area contributed by atoms with Gasteiger partial charge in [-0.1, -0.05) is 12.1 Å². The summed E-state index contributed by atoms with van der Waals surface area (Å²) in [6.45, 7) is 3.23. The number of thiocarbonyl (C=S) groups is 1. The minimum atomic E-state index is -0.494. The van der Waals surface area contributed by atoms with Crippen LogP contribution in [0.15, 0.2) is 48.5 Å². The zero-order chi connectivity index (χ0) is 19.6. The van der Waals surface area contributed by atoms with Gasteiger partial charge in [-0.3, -0.25) is 20.2 Å². The van der Waals surface area contributed by atoms with Crippen molar-refractivity contribution in [3.05, 3.63) is 64.2 Å². The number of non-ortho nitro benzene ring substituents is 1. The molecule has 8 nitrogen and oxygen atoms in total. The molecule has 0 aliphatic heterocycles. The van der Waals surface area contributed by atoms with E-state index < -0.39 is 10.8 Å². The second kappa shape index (κ2) is 10.2. The van der Waals surface area contributed by atoms with E-state index in [1.54, 1.807) is 24.3 Å². The van der Waals surface area contributed by atoms with Gasteiger partial charge in [-0.25, -0.2) is 0 Å². The highest BCUT2D eigenvalue weighted by Crippen LogP contribution is 2.18. The van der Waals surface area contributed by atoms with E-state index in [-0.39, 0.29) is 10.8 Å². The Morgan fingerprint density at radius 3 is 2.52 bits per heavy atom. The summed E-state index contributed by atoms with van der Waals surface area (Å²) < 4.78 is 10.8. The Morgan fingerprint density at radius 1 is 1.15 bits per heavy atom. The minimum Gasteiger partial charge on any atom is -0.490 e. The van der Waals surface area contributed by atoms with Crippen molar-refractivity contribution in [3.63, 3.8) is 0 Å². The molecule has 2 aromatic rings. The molecule has 0 spiro atoms. The molecule has 0 aromatic heterocycles. The Balaban J connectivity index is 1.95. The first-order valence-electron chi connectivity index (χ1n) is 8.17. The molecular formula is C18H19N3O5S. The van der Waals surface area contributed by atoms with Gasteiger partial charge in [0, 0.05) is 24.4 Å². The van der Waals surface area contributed by atoms with Crippen molar-refractivity contribution in [3.8, 4) is 5.75 Å². The molecule has 1 amide bonds. The van der Waals surface area contributed by atoms with Crippen LogP contribution in [0.25, 0.3) is 0 Å². The molecule has 0 heterocycles. The van der Waals surface area contributed by atoms with Crippen LogP contribution < -0.4 is 15.4 Å². The summed E-state index contributed by atoms with van der Waals surface area (Å²) in [5.41, 5.74) is 0.822. The van der Waals surface area contributed by atoms with Crippen molar-refractivity contribution in [2.45, 2.75) is 6.92 Å². The number of nitro benzene ring substituents is 1. The highest BCUT2D eigenvalue weighted by atomic mass is 32.1. The first kappa shape index (κ1) is 20.3. The Bertz CT molecular complexity index is 811. The zero-order valence-corrected chi connectivity index (χ0v) is 15.5. The zero-order valence-electron chi connectivity index (χ0n) is 14.6. The third-order valence-corrected chi connectivity index (χ3v) is 3.59. The lowest BCUT2D eigenvalue weighted by Gasteiger charge is -2.13. The average molecular weight is 389 g/mol. The first-order chi connectivity index (χ1) is 13.0. The van der Waals surface area contributed by atoms with E-state index in [2.05, 4.69) is 10.6 Å². The lowest BCUT2D eigenvalue weighted by Crippen LogP contribution is -2.34. The smallest absolute Gasteiger partial charge is 0.269 e. The molecule has 2 aromatic carbocycles. The molecule has 2 N–H and O–H groups in total. The summed E-state index contributed by atoms with van der Waals surface area (Å²) in [4.78, 5) is 22.6. The molecule has 2 rings (SSSR count). The van der Waals surface area contributed by atoms with E-state index in [0.717, 1.165) is 0 Å². The molecule has 0 radical (unpaired) electrons. The SMILES string of the molecule is CCOCCOc1ccccc1C(=O)NC(=S)Nc1ccc([N+](=O)[O-])cc1. The van der Waals surface area contributed by atoms with Gasteiger partial charge >= 0.3 is 0 Å². The van der Waals surface area contributed by atoms with Crippen LogP contribution >= 0.6 is 12.2 Å². The first-order valence-corrected chi connectivity index (χ1v) is 8.58. The molecule has 0 saturated heterocycles. The molecule has 9 heteroatoms. The van der Waals surface area contributed by atoms with E-state index in [0.29, 0.717) is 36.8 Å².